The van der Waals surface area contributed by atoms with Crippen molar-refractivity contribution >= 4 is 11.9 Å². The summed E-state index contributed by atoms with van der Waals surface area (Å²) in [5.41, 5.74) is 2.13. The summed E-state index contributed by atoms with van der Waals surface area (Å²) in [6.07, 6.45) is 3.90. The number of nitrogens with zero attached hydrogens (tertiary/aromatic N) is 4. The van der Waals surface area contributed by atoms with Crippen LogP contribution in [0.15, 0.2) is 41.5 Å². The molecule has 0 aliphatic carbocycles. The summed E-state index contributed by atoms with van der Waals surface area (Å²) in [6, 6.07) is 6.38. The molecule has 0 aromatic carbocycles. The minimum atomic E-state index is -0.0170. The van der Waals surface area contributed by atoms with Gasteiger partial charge in [0.05, 0.1) is 5.69 Å². The number of aliphatic imine (C=N–C) groups is 1. The van der Waals surface area contributed by atoms with Crippen molar-refractivity contribution in [1.29, 1.82) is 0 Å². The van der Waals surface area contributed by atoms with Crippen LogP contribution in [0.2, 0.25) is 0 Å². The molecule has 0 saturated carbocycles. The Labute approximate surface area is 162 Å². The van der Waals surface area contributed by atoms with Gasteiger partial charge in [0, 0.05) is 52.5 Å². The van der Waals surface area contributed by atoms with Gasteiger partial charge in [0.15, 0.2) is 5.96 Å². The minimum Gasteiger partial charge on any atom is -0.354 e. The van der Waals surface area contributed by atoms with E-state index in [9.17, 15) is 4.79 Å². The second kappa shape index (κ2) is 10.7. The van der Waals surface area contributed by atoms with Crippen molar-refractivity contribution in [3.05, 3.63) is 42.2 Å². The fraction of sp³-hybridized carbons (Fsp3) is 0.550. The molecule has 0 atom stereocenters. The van der Waals surface area contributed by atoms with E-state index in [0.717, 1.165) is 43.7 Å². The van der Waals surface area contributed by atoms with Gasteiger partial charge in [-0.2, -0.15) is 0 Å². The number of carbonyl (C=O) groups excluding carboxylic acids is 1. The Morgan fingerprint density at radius 3 is 2.70 bits per heavy atom. The smallest absolute Gasteiger partial charge is 0.243 e. The average molecular weight is 373 g/mol. The zero-order chi connectivity index (χ0) is 19.6. The maximum absolute atomic E-state index is 11.8. The van der Waals surface area contributed by atoms with E-state index >= 15 is 0 Å². The molecule has 1 amide bonds. The van der Waals surface area contributed by atoms with Crippen LogP contribution in [-0.2, 0) is 11.3 Å². The van der Waals surface area contributed by atoms with E-state index in [1.807, 2.05) is 25.3 Å². The number of hydrogen-bond donors (Lipinski definition) is 2. The van der Waals surface area contributed by atoms with Gasteiger partial charge in [-0.3, -0.25) is 14.7 Å². The first-order valence-corrected chi connectivity index (χ1v) is 9.45. The Morgan fingerprint density at radius 1 is 1.37 bits per heavy atom. The highest BCUT2D eigenvalue weighted by atomic mass is 16.2. The third-order valence-electron chi connectivity index (χ3n) is 4.47. The molecule has 2 N–H and O–H groups in total. The van der Waals surface area contributed by atoms with E-state index in [1.54, 1.807) is 19.0 Å². The van der Waals surface area contributed by atoms with E-state index in [-0.39, 0.29) is 12.5 Å². The molecular weight excluding hydrogens is 340 g/mol. The standard InChI is InChI=1S/C20H32N6O/c1-16(2)13-22-20(23-14-19(27)25(3)4)24-17-8-11-26(12-9-17)15-18-7-5-6-10-21-18/h5-7,10,17H,1,8-9,11-15H2,2-4H3,(H2,22,23,24). The number of guanidine groups is 1. The molecule has 7 heteroatoms. The van der Waals surface area contributed by atoms with Crippen molar-refractivity contribution in [3.8, 4) is 0 Å². The van der Waals surface area contributed by atoms with Crippen LogP contribution in [0.25, 0.3) is 0 Å². The molecule has 27 heavy (non-hydrogen) atoms. The van der Waals surface area contributed by atoms with Crippen LogP contribution in [0.3, 0.4) is 0 Å². The molecule has 148 valence electrons. The lowest BCUT2D eigenvalue weighted by molar-refractivity contribution is -0.127. The van der Waals surface area contributed by atoms with Gasteiger partial charge in [-0.15, -0.1) is 0 Å². The van der Waals surface area contributed by atoms with Crippen molar-refractivity contribution in [3.63, 3.8) is 0 Å². The third kappa shape index (κ3) is 7.78. The molecule has 1 aliphatic rings. The summed E-state index contributed by atoms with van der Waals surface area (Å²) in [7, 11) is 3.48. The predicted molar refractivity (Wildman–Crippen MR) is 109 cm³/mol. The molecule has 1 aliphatic heterocycles. The molecule has 2 rings (SSSR count). The van der Waals surface area contributed by atoms with Gasteiger partial charge in [-0.1, -0.05) is 18.2 Å². The van der Waals surface area contributed by atoms with Crippen molar-refractivity contribution in [1.82, 2.24) is 25.4 Å². The first-order chi connectivity index (χ1) is 12.9. The molecule has 0 radical (unpaired) electrons. The SMILES string of the molecule is C=C(C)CNC(=NCC(=O)N(C)C)NC1CCN(Cc2ccccn2)CC1. The second-order valence-electron chi connectivity index (χ2n) is 7.28. The number of piperidine rings is 1. The molecule has 7 nitrogen and oxygen atoms in total. The lowest BCUT2D eigenvalue weighted by atomic mass is 10.0. The van der Waals surface area contributed by atoms with Crippen molar-refractivity contribution in [2.75, 3.05) is 40.3 Å². The second-order valence-corrected chi connectivity index (χ2v) is 7.28. The van der Waals surface area contributed by atoms with Crippen molar-refractivity contribution < 1.29 is 4.79 Å². The van der Waals surface area contributed by atoms with E-state index in [0.29, 0.717) is 18.5 Å². The molecular formula is C20H32N6O. The molecule has 1 aromatic heterocycles. The summed E-state index contributed by atoms with van der Waals surface area (Å²) in [6.45, 7) is 9.57. The van der Waals surface area contributed by atoms with Crippen LogP contribution >= 0.6 is 0 Å². The van der Waals surface area contributed by atoms with E-state index < -0.39 is 0 Å². The van der Waals surface area contributed by atoms with Gasteiger partial charge in [0.1, 0.15) is 6.54 Å². The number of pyridine rings is 1. The molecule has 0 spiro atoms. The summed E-state index contributed by atoms with van der Waals surface area (Å²) < 4.78 is 0. The fourth-order valence-electron chi connectivity index (χ4n) is 2.82. The van der Waals surface area contributed by atoms with E-state index in [1.165, 1.54) is 0 Å². The molecule has 1 aromatic rings. The minimum absolute atomic E-state index is 0.0170. The molecule has 1 saturated heterocycles. The molecule has 0 unspecified atom stereocenters. The van der Waals surface area contributed by atoms with Crippen molar-refractivity contribution in [2.24, 2.45) is 4.99 Å². The highest BCUT2D eigenvalue weighted by molar-refractivity contribution is 5.85. The summed E-state index contributed by atoms with van der Waals surface area (Å²) in [5, 5.41) is 6.73. The largest absolute Gasteiger partial charge is 0.354 e. The normalized spacial score (nSPS) is 16.0. The van der Waals surface area contributed by atoms with Crippen LogP contribution < -0.4 is 10.6 Å². The third-order valence-corrected chi connectivity index (χ3v) is 4.47. The van der Waals surface area contributed by atoms with Gasteiger partial charge in [0.2, 0.25) is 5.91 Å². The van der Waals surface area contributed by atoms with Crippen LogP contribution in [0.5, 0.6) is 0 Å². The van der Waals surface area contributed by atoms with Crippen molar-refractivity contribution in [2.45, 2.75) is 32.4 Å². The monoisotopic (exact) mass is 372 g/mol. The Morgan fingerprint density at radius 2 is 2.11 bits per heavy atom. The average Bonchev–Trinajstić information content (AvgIpc) is 2.65. The lowest BCUT2D eigenvalue weighted by Gasteiger charge is -2.33. The van der Waals surface area contributed by atoms with Crippen LogP contribution in [0.1, 0.15) is 25.5 Å². The number of aromatic nitrogens is 1. The van der Waals surface area contributed by atoms with Crippen LogP contribution in [-0.4, -0.2) is 73.0 Å². The highest BCUT2D eigenvalue weighted by Gasteiger charge is 2.20. The topological polar surface area (TPSA) is 72.9 Å². The van der Waals surface area contributed by atoms with Crippen LogP contribution in [0, 0.1) is 0 Å². The summed E-state index contributed by atoms with van der Waals surface area (Å²) in [5.74, 6) is 0.660. The molecule has 0 bridgehead atoms. The first kappa shape index (κ1) is 20.9. The maximum atomic E-state index is 11.8. The zero-order valence-corrected chi connectivity index (χ0v) is 16.7. The van der Waals surface area contributed by atoms with Gasteiger partial charge in [-0.25, -0.2) is 4.99 Å². The number of carbonyl (C=O) groups is 1. The fourth-order valence-corrected chi connectivity index (χ4v) is 2.82. The Balaban J connectivity index is 1.85. The van der Waals surface area contributed by atoms with E-state index in [2.05, 4.69) is 38.2 Å². The predicted octanol–water partition coefficient (Wildman–Crippen LogP) is 1.25. The van der Waals surface area contributed by atoms with Crippen LogP contribution in [0.4, 0.5) is 0 Å². The number of nitrogens with one attached hydrogen (secondary N) is 2. The van der Waals surface area contributed by atoms with Gasteiger partial charge >= 0.3 is 0 Å². The van der Waals surface area contributed by atoms with Gasteiger partial charge in [-0.05, 0) is 31.9 Å². The Bertz CT molecular complexity index is 635. The summed E-state index contributed by atoms with van der Waals surface area (Å²) in [4.78, 5) is 24.6. The van der Waals surface area contributed by atoms with Gasteiger partial charge in [0.25, 0.3) is 0 Å². The number of likely N-dealkylation sites (N-methyl/N-ethyl adjacent to an activating group) is 1. The first-order valence-electron chi connectivity index (χ1n) is 9.45. The summed E-state index contributed by atoms with van der Waals surface area (Å²) >= 11 is 0. The number of rotatable bonds is 7. The maximum Gasteiger partial charge on any atom is 0.243 e. The molecule has 1 fully saturated rings. The Kier molecular flexibility index (Phi) is 8.26. The Hall–Kier alpha value is -2.41. The number of likely N-dealkylation sites (tertiary alicyclic amines) is 1. The number of amides is 1. The van der Waals surface area contributed by atoms with Gasteiger partial charge < -0.3 is 15.5 Å². The van der Waals surface area contributed by atoms with E-state index in [4.69, 9.17) is 0 Å². The molecule has 2 heterocycles. The highest BCUT2D eigenvalue weighted by Crippen LogP contribution is 2.12. The number of hydrogen-bond acceptors (Lipinski definition) is 4. The lowest BCUT2D eigenvalue weighted by Crippen LogP contribution is -2.49. The quantitative estimate of drug-likeness (QED) is 0.428. The zero-order valence-electron chi connectivity index (χ0n) is 16.7.